The maximum atomic E-state index is 3.80. The highest BCUT2D eigenvalue weighted by molar-refractivity contribution is 6.87. The summed E-state index contributed by atoms with van der Waals surface area (Å²) in [5.74, 6) is 0.731. The Hall–Kier alpha value is -1.28. The molecule has 1 aromatic carbocycles. The first-order valence-electron chi connectivity index (χ1n) is 7.21. The zero-order chi connectivity index (χ0) is 13.9. The van der Waals surface area contributed by atoms with Crippen LogP contribution in [0.5, 0.6) is 0 Å². The molecular formula is C17H25NSi. The van der Waals surface area contributed by atoms with Gasteiger partial charge in [-0.15, -0.1) is 0 Å². The summed E-state index contributed by atoms with van der Waals surface area (Å²) in [6.45, 7) is 9.44. The third kappa shape index (κ3) is 3.60. The van der Waals surface area contributed by atoms with Gasteiger partial charge in [-0.3, -0.25) is 0 Å². The highest BCUT2D eigenvalue weighted by Crippen LogP contribution is 2.32. The predicted octanol–water partition coefficient (Wildman–Crippen LogP) is 5.15. The van der Waals surface area contributed by atoms with Gasteiger partial charge in [-0.05, 0) is 44.0 Å². The SMILES string of the molecule is CC(C)CC1=C([Si](C)(C)Nc2ccccc2)CC=C1. The lowest BCUT2D eigenvalue weighted by Gasteiger charge is -2.28. The molecule has 0 bridgehead atoms. The predicted molar refractivity (Wildman–Crippen MR) is 87.8 cm³/mol. The first-order valence-corrected chi connectivity index (χ1v) is 10.2. The average molecular weight is 271 g/mol. The number of benzene rings is 1. The molecule has 0 heterocycles. The van der Waals surface area contributed by atoms with Crippen LogP contribution in [0.2, 0.25) is 13.1 Å². The van der Waals surface area contributed by atoms with Gasteiger partial charge in [0.25, 0.3) is 0 Å². The highest BCUT2D eigenvalue weighted by atomic mass is 28.3. The normalized spacial score (nSPS) is 15.4. The molecule has 1 aliphatic rings. The van der Waals surface area contributed by atoms with Crippen molar-refractivity contribution in [2.24, 2.45) is 5.92 Å². The molecule has 2 heteroatoms. The van der Waals surface area contributed by atoms with Crippen LogP contribution in [0.15, 0.2) is 53.3 Å². The lowest BCUT2D eigenvalue weighted by atomic mass is 10.0. The van der Waals surface area contributed by atoms with Crippen LogP contribution < -0.4 is 4.98 Å². The Balaban J connectivity index is 2.19. The average Bonchev–Trinajstić information content (AvgIpc) is 2.77. The Labute approximate surface area is 118 Å². The zero-order valence-corrected chi connectivity index (χ0v) is 13.5. The van der Waals surface area contributed by atoms with Crippen LogP contribution >= 0.6 is 0 Å². The largest absolute Gasteiger partial charge is 0.407 e. The molecule has 19 heavy (non-hydrogen) atoms. The second-order valence-corrected chi connectivity index (χ2v) is 10.4. The lowest BCUT2D eigenvalue weighted by Crippen LogP contribution is -2.39. The van der Waals surface area contributed by atoms with Crippen LogP contribution in [-0.2, 0) is 0 Å². The van der Waals surface area contributed by atoms with E-state index in [1.807, 2.05) is 0 Å². The van der Waals surface area contributed by atoms with E-state index < -0.39 is 8.24 Å². The summed E-state index contributed by atoms with van der Waals surface area (Å²) in [4.78, 5) is 3.80. The van der Waals surface area contributed by atoms with Crippen molar-refractivity contribution in [2.45, 2.75) is 39.8 Å². The number of para-hydroxylation sites is 1. The molecule has 0 fully saturated rings. The monoisotopic (exact) mass is 271 g/mol. The summed E-state index contributed by atoms with van der Waals surface area (Å²) >= 11 is 0. The molecule has 2 rings (SSSR count). The Morgan fingerprint density at radius 3 is 2.47 bits per heavy atom. The Morgan fingerprint density at radius 1 is 1.16 bits per heavy atom. The van der Waals surface area contributed by atoms with Crippen LogP contribution in [0.1, 0.15) is 26.7 Å². The molecule has 0 spiro atoms. The van der Waals surface area contributed by atoms with Crippen molar-refractivity contribution < 1.29 is 0 Å². The number of hydrogen-bond donors (Lipinski definition) is 1. The zero-order valence-electron chi connectivity index (χ0n) is 12.5. The van der Waals surface area contributed by atoms with E-state index in [2.05, 4.69) is 74.4 Å². The Bertz CT molecular complexity index is 483. The number of nitrogens with one attached hydrogen (secondary N) is 1. The summed E-state index contributed by atoms with van der Waals surface area (Å²) in [6.07, 6.45) is 7.02. The van der Waals surface area contributed by atoms with Crippen molar-refractivity contribution in [1.82, 2.24) is 0 Å². The van der Waals surface area contributed by atoms with Gasteiger partial charge in [0.2, 0.25) is 0 Å². The topological polar surface area (TPSA) is 12.0 Å². The van der Waals surface area contributed by atoms with E-state index in [0.29, 0.717) is 0 Å². The minimum absolute atomic E-state index is 0.731. The fourth-order valence-electron chi connectivity index (χ4n) is 2.80. The highest BCUT2D eigenvalue weighted by Gasteiger charge is 2.29. The summed E-state index contributed by atoms with van der Waals surface area (Å²) in [7, 11) is -1.57. The number of rotatable bonds is 5. The van der Waals surface area contributed by atoms with Crippen molar-refractivity contribution in [3.8, 4) is 0 Å². The quantitative estimate of drug-likeness (QED) is 0.731. The van der Waals surface area contributed by atoms with Crippen LogP contribution in [0.3, 0.4) is 0 Å². The lowest BCUT2D eigenvalue weighted by molar-refractivity contribution is 0.649. The summed E-state index contributed by atoms with van der Waals surface area (Å²) in [5, 5.41) is 1.67. The molecule has 1 nitrogen and oxygen atoms in total. The smallest absolute Gasteiger partial charge is 0.175 e. The van der Waals surface area contributed by atoms with Crippen LogP contribution in [0, 0.1) is 5.92 Å². The van der Waals surface area contributed by atoms with Crippen molar-refractivity contribution in [2.75, 3.05) is 4.98 Å². The van der Waals surface area contributed by atoms with Gasteiger partial charge >= 0.3 is 0 Å². The minimum Gasteiger partial charge on any atom is -0.407 e. The van der Waals surface area contributed by atoms with E-state index in [0.717, 1.165) is 12.3 Å². The molecule has 0 aliphatic heterocycles. The number of allylic oxidation sites excluding steroid dienone is 4. The summed E-state index contributed by atoms with van der Waals surface area (Å²) in [5.41, 5.74) is 2.83. The summed E-state index contributed by atoms with van der Waals surface area (Å²) in [6, 6.07) is 10.6. The molecule has 1 N–H and O–H groups in total. The maximum absolute atomic E-state index is 3.80. The molecule has 0 unspecified atom stereocenters. The second-order valence-electron chi connectivity index (χ2n) is 6.32. The first kappa shape index (κ1) is 14.1. The third-order valence-electron chi connectivity index (χ3n) is 3.64. The summed E-state index contributed by atoms with van der Waals surface area (Å²) < 4.78 is 0. The standard InChI is InChI=1S/C17H25NSi/c1-14(2)13-15-9-8-12-17(15)19(3,4)18-16-10-6-5-7-11-16/h5-11,14,18H,12-13H2,1-4H3. The van der Waals surface area contributed by atoms with Gasteiger partial charge in [-0.25, -0.2) is 0 Å². The Morgan fingerprint density at radius 2 is 1.84 bits per heavy atom. The molecule has 0 radical (unpaired) electrons. The molecule has 0 aromatic heterocycles. The van der Waals surface area contributed by atoms with Crippen molar-refractivity contribution >= 4 is 13.9 Å². The Kier molecular flexibility index (Phi) is 4.30. The van der Waals surface area contributed by atoms with E-state index in [1.54, 1.807) is 10.8 Å². The fourth-order valence-corrected chi connectivity index (χ4v) is 5.45. The van der Waals surface area contributed by atoms with E-state index in [9.17, 15) is 0 Å². The minimum atomic E-state index is -1.57. The van der Waals surface area contributed by atoms with Gasteiger partial charge < -0.3 is 4.98 Å². The molecular weight excluding hydrogens is 246 g/mol. The van der Waals surface area contributed by atoms with E-state index in [1.165, 1.54) is 12.1 Å². The van der Waals surface area contributed by atoms with E-state index >= 15 is 0 Å². The number of anilines is 1. The molecule has 102 valence electrons. The van der Waals surface area contributed by atoms with Crippen molar-refractivity contribution in [3.63, 3.8) is 0 Å². The molecule has 0 atom stereocenters. The van der Waals surface area contributed by atoms with Crippen molar-refractivity contribution in [1.29, 1.82) is 0 Å². The molecule has 1 aromatic rings. The van der Waals surface area contributed by atoms with Gasteiger partial charge in [0.15, 0.2) is 8.24 Å². The third-order valence-corrected chi connectivity index (χ3v) is 6.59. The van der Waals surface area contributed by atoms with E-state index in [4.69, 9.17) is 0 Å². The molecule has 0 amide bonds. The van der Waals surface area contributed by atoms with Gasteiger partial charge in [0.05, 0.1) is 0 Å². The molecule has 0 saturated carbocycles. The fraction of sp³-hybridized carbons (Fsp3) is 0.412. The maximum Gasteiger partial charge on any atom is 0.175 e. The first-order chi connectivity index (χ1) is 8.99. The number of hydrogen-bond acceptors (Lipinski definition) is 1. The van der Waals surface area contributed by atoms with Crippen LogP contribution in [0.25, 0.3) is 0 Å². The second kappa shape index (κ2) is 5.79. The van der Waals surface area contributed by atoms with Gasteiger partial charge in [0.1, 0.15) is 0 Å². The molecule has 1 aliphatic carbocycles. The van der Waals surface area contributed by atoms with Gasteiger partial charge in [0, 0.05) is 5.69 Å². The van der Waals surface area contributed by atoms with E-state index in [-0.39, 0.29) is 0 Å². The van der Waals surface area contributed by atoms with Gasteiger partial charge in [-0.2, -0.15) is 0 Å². The van der Waals surface area contributed by atoms with Crippen molar-refractivity contribution in [3.05, 3.63) is 53.3 Å². The van der Waals surface area contributed by atoms with Gasteiger partial charge in [-0.1, -0.05) is 55.0 Å². The van der Waals surface area contributed by atoms with Crippen LogP contribution in [-0.4, -0.2) is 8.24 Å². The molecule has 0 saturated heterocycles. The van der Waals surface area contributed by atoms with Crippen LogP contribution in [0.4, 0.5) is 5.69 Å².